The molecule has 116 valence electrons. The smallest absolute Gasteiger partial charge is 0.133 e. The quantitative estimate of drug-likeness (QED) is 0.807. The zero-order chi connectivity index (χ0) is 15.5. The summed E-state index contributed by atoms with van der Waals surface area (Å²) in [5.41, 5.74) is 4.28. The third-order valence-electron chi connectivity index (χ3n) is 5.10. The maximum atomic E-state index is 11.6. The summed E-state index contributed by atoms with van der Waals surface area (Å²) in [6.07, 6.45) is 7.01. The average Bonchev–Trinajstić information content (AvgIpc) is 2.46. The molecule has 0 heterocycles. The van der Waals surface area contributed by atoms with Crippen molar-refractivity contribution in [3.63, 3.8) is 0 Å². The predicted octanol–water partition coefficient (Wildman–Crippen LogP) is 4.24. The van der Waals surface area contributed by atoms with Gasteiger partial charge in [0.2, 0.25) is 0 Å². The van der Waals surface area contributed by atoms with Gasteiger partial charge in [-0.2, -0.15) is 0 Å². The molecule has 0 aliphatic heterocycles. The maximum Gasteiger partial charge on any atom is 0.133 e. The van der Waals surface area contributed by atoms with Gasteiger partial charge in [0.1, 0.15) is 5.78 Å². The second-order valence-electron chi connectivity index (χ2n) is 6.72. The molecule has 1 saturated carbocycles. The third kappa shape index (κ3) is 3.37. The van der Waals surface area contributed by atoms with E-state index in [1.807, 2.05) is 0 Å². The van der Waals surface area contributed by atoms with E-state index in [1.54, 1.807) is 0 Å². The highest BCUT2D eigenvalue weighted by Gasteiger charge is 2.39. The van der Waals surface area contributed by atoms with Crippen LogP contribution < -0.4 is 0 Å². The number of rotatable bonds is 5. The SMILES string of the molecule is CCCCc1ccc(C2(N(C)C)CCC(=O)CC2)c(C)c1. The van der Waals surface area contributed by atoms with Crippen molar-refractivity contribution in [2.24, 2.45) is 0 Å². The Kier molecular flexibility index (Phi) is 5.21. The van der Waals surface area contributed by atoms with E-state index in [0.717, 1.165) is 25.7 Å². The fraction of sp³-hybridized carbons (Fsp3) is 0.632. The number of carbonyl (C=O) groups is 1. The first-order valence-electron chi connectivity index (χ1n) is 8.29. The molecule has 1 aromatic carbocycles. The van der Waals surface area contributed by atoms with Crippen molar-refractivity contribution < 1.29 is 4.79 Å². The van der Waals surface area contributed by atoms with Crippen molar-refractivity contribution >= 4 is 5.78 Å². The fourth-order valence-electron chi connectivity index (χ4n) is 3.68. The standard InChI is InChI=1S/C19H29NO/c1-5-6-7-16-8-9-18(15(2)14-16)19(20(3)4)12-10-17(21)11-13-19/h8-9,14H,5-7,10-13H2,1-4H3. The number of benzene rings is 1. The Morgan fingerprint density at radius 1 is 1.19 bits per heavy atom. The van der Waals surface area contributed by atoms with Gasteiger partial charge in [-0.25, -0.2) is 0 Å². The van der Waals surface area contributed by atoms with Crippen LogP contribution in [0.3, 0.4) is 0 Å². The van der Waals surface area contributed by atoms with Gasteiger partial charge < -0.3 is 0 Å². The summed E-state index contributed by atoms with van der Waals surface area (Å²) in [4.78, 5) is 14.0. The molecule has 0 spiro atoms. The molecule has 0 amide bonds. The van der Waals surface area contributed by atoms with E-state index in [4.69, 9.17) is 0 Å². The Hall–Kier alpha value is -1.15. The highest BCUT2D eigenvalue weighted by molar-refractivity contribution is 5.79. The lowest BCUT2D eigenvalue weighted by Crippen LogP contribution is -2.45. The Bertz CT molecular complexity index is 494. The number of hydrogen-bond donors (Lipinski definition) is 0. The Morgan fingerprint density at radius 2 is 1.86 bits per heavy atom. The van der Waals surface area contributed by atoms with Crippen LogP contribution in [-0.4, -0.2) is 24.8 Å². The van der Waals surface area contributed by atoms with E-state index in [-0.39, 0.29) is 5.54 Å². The molecule has 0 atom stereocenters. The minimum absolute atomic E-state index is 0.0429. The van der Waals surface area contributed by atoms with Crippen molar-refractivity contribution in [1.82, 2.24) is 4.90 Å². The minimum atomic E-state index is 0.0429. The fourth-order valence-corrected chi connectivity index (χ4v) is 3.68. The number of unbranched alkanes of at least 4 members (excludes halogenated alkanes) is 1. The molecule has 0 N–H and O–H groups in total. The first kappa shape index (κ1) is 16.2. The van der Waals surface area contributed by atoms with Gasteiger partial charge in [0.15, 0.2) is 0 Å². The van der Waals surface area contributed by atoms with Crippen molar-refractivity contribution in [1.29, 1.82) is 0 Å². The molecule has 1 fully saturated rings. The van der Waals surface area contributed by atoms with E-state index in [1.165, 1.54) is 36.0 Å². The lowest BCUT2D eigenvalue weighted by Gasteiger charge is -2.44. The molecule has 0 radical (unpaired) electrons. The molecule has 2 nitrogen and oxygen atoms in total. The molecule has 0 unspecified atom stereocenters. The van der Waals surface area contributed by atoms with Crippen LogP contribution in [0.1, 0.15) is 62.1 Å². The molecule has 0 aromatic heterocycles. The molecule has 1 aliphatic rings. The van der Waals surface area contributed by atoms with E-state index >= 15 is 0 Å². The van der Waals surface area contributed by atoms with Gasteiger partial charge in [-0.1, -0.05) is 31.5 Å². The third-order valence-corrected chi connectivity index (χ3v) is 5.10. The largest absolute Gasteiger partial charge is 0.300 e. The van der Waals surface area contributed by atoms with Gasteiger partial charge in [-0.15, -0.1) is 0 Å². The summed E-state index contributed by atoms with van der Waals surface area (Å²) < 4.78 is 0. The summed E-state index contributed by atoms with van der Waals surface area (Å²) in [5.74, 6) is 0.421. The van der Waals surface area contributed by atoms with Crippen LogP contribution in [0, 0.1) is 6.92 Å². The second kappa shape index (κ2) is 6.74. The summed E-state index contributed by atoms with van der Waals surface area (Å²) >= 11 is 0. The average molecular weight is 287 g/mol. The molecule has 0 bridgehead atoms. The number of aryl methyl sites for hydroxylation is 2. The normalized spacial score (nSPS) is 18.2. The maximum absolute atomic E-state index is 11.6. The van der Waals surface area contributed by atoms with Crippen molar-refractivity contribution in [3.8, 4) is 0 Å². The van der Waals surface area contributed by atoms with Crippen LogP contribution >= 0.6 is 0 Å². The highest BCUT2D eigenvalue weighted by atomic mass is 16.1. The van der Waals surface area contributed by atoms with Crippen LogP contribution in [0.25, 0.3) is 0 Å². The lowest BCUT2D eigenvalue weighted by molar-refractivity contribution is -0.122. The summed E-state index contributed by atoms with van der Waals surface area (Å²) in [6, 6.07) is 6.96. The molecular weight excluding hydrogens is 258 g/mol. The van der Waals surface area contributed by atoms with E-state index < -0.39 is 0 Å². The second-order valence-corrected chi connectivity index (χ2v) is 6.72. The Labute approximate surface area is 129 Å². The van der Waals surface area contributed by atoms with Gasteiger partial charge in [-0.3, -0.25) is 9.69 Å². The number of Topliss-reactive ketones (excluding diaryl/α,β-unsaturated/α-hetero) is 1. The van der Waals surface area contributed by atoms with Gasteiger partial charge in [0.25, 0.3) is 0 Å². The summed E-state index contributed by atoms with van der Waals surface area (Å²) in [7, 11) is 4.31. The van der Waals surface area contributed by atoms with Gasteiger partial charge in [0, 0.05) is 18.4 Å². The van der Waals surface area contributed by atoms with Crippen LogP contribution in [-0.2, 0) is 16.8 Å². The van der Waals surface area contributed by atoms with Gasteiger partial charge in [-0.05, 0) is 63.4 Å². The van der Waals surface area contributed by atoms with Crippen molar-refractivity contribution in [2.75, 3.05) is 14.1 Å². The zero-order valence-electron chi connectivity index (χ0n) is 14.0. The van der Waals surface area contributed by atoms with Gasteiger partial charge in [0.05, 0.1) is 0 Å². The molecule has 1 aliphatic carbocycles. The van der Waals surface area contributed by atoms with Crippen LogP contribution in [0.15, 0.2) is 18.2 Å². The lowest BCUT2D eigenvalue weighted by atomic mass is 9.73. The number of carbonyl (C=O) groups excluding carboxylic acids is 1. The molecule has 0 saturated heterocycles. The molecule has 1 aromatic rings. The number of ketones is 1. The molecule has 2 rings (SSSR count). The van der Waals surface area contributed by atoms with Crippen molar-refractivity contribution in [3.05, 3.63) is 34.9 Å². The Balaban J connectivity index is 2.31. The minimum Gasteiger partial charge on any atom is -0.300 e. The van der Waals surface area contributed by atoms with E-state index in [0.29, 0.717) is 5.78 Å². The molecule has 2 heteroatoms. The zero-order valence-corrected chi connectivity index (χ0v) is 14.0. The monoisotopic (exact) mass is 287 g/mol. The van der Waals surface area contributed by atoms with Crippen molar-refractivity contribution in [2.45, 2.75) is 64.3 Å². The molecule has 21 heavy (non-hydrogen) atoms. The predicted molar refractivity (Wildman–Crippen MR) is 88.6 cm³/mol. The van der Waals surface area contributed by atoms with Crippen LogP contribution in [0.2, 0.25) is 0 Å². The summed E-state index contributed by atoms with van der Waals surface area (Å²) in [6.45, 7) is 4.47. The number of hydrogen-bond acceptors (Lipinski definition) is 2. The van der Waals surface area contributed by atoms with Crippen LogP contribution in [0.4, 0.5) is 0 Å². The first-order chi connectivity index (χ1) is 9.99. The topological polar surface area (TPSA) is 20.3 Å². The Morgan fingerprint density at radius 3 is 2.38 bits per heavy atom. The number of nitrogens with zero attached hydrogens (tertiary/aromatic N) is 1. The van der Waals surface area contributed by atoms with Crippen LogP contribution in [0.5, 0.6) is 0 Å². The van der Waals surface area contributed by atoms with Gasteiger partial charge >= 0.3 is 0 Å². The molecular formula is C19H29NO. The first-order valence-corrected chi connectivity index (χ1v) is 8.29. The highest BCUT2D eigenvalue weighted by Crippen LogP contribution is 2.41. The van der Waals surface area contributed by atoms with E-state index in [2.05, 4.69) is 51.0 Å². The van der Waals surface area contributed by atoms with E-state index in [9.17, 15) is 4.79 Å². The summed E-state index contributed by atoms with van der Waals surface area (Å²) in [5, 5.41) is 0.